The molecule has 0 spiro atoms. The van der Waals surface area contributed by atoms with Crippen molar-refractivity contribution in [2.75, 3.05) is 6.54 Å². The zero-order valence-corrected chi connectivity index (χ0v) is 12.4. The highest BCUT2D eigenvalue weighted by molar-refractivity contribution is 5.78. The molecule has 2 rings (SSSR count). The van der Waals surface area contributed by atoms with Gasteiger partial charge in [0.05, 0.1) is 12.0 Å². The van der Waals surface area contributed by atoms with E-state index in [9.17, 15) is 9.90 Å². The minimum absolute atomic E-state index is 0.0468. The molecule has 1 amide bonds. The lowest BCUT2D eigenvalue weighted by molar-refractivity contribution is -0.122. The molecule has 0 aromatic carbocycles. The van der Waals surface area contributed by atoms with Crippen molar-refractivity contribution in [3.63, 3.8) is 0 Å². The zero-order chi connectivity index (χ0) is 14.6. The number of amides is 1. The van der Waals surface area contributed by atoms with Gasteiger partial charge in [-0.05, 0) is 48.8 Å². The predicted molar refractivity (Wildman–Crippen MR) is 78.1 cm³/mol. The van der Waals surface area contributed by atoms with E-state index in [2.05, 4.69) is 24.1 Å². The Labute approximate surface area is 120 Å². The number of hydrogen-bond donors (Lipinski definition) is 2. The largest absolute Gasteiger partial charge is 0.388 e. The summed E-state index contributed by atoms with van der Waals surface area (Å²) in [4.78, 5) is 15.8. The Hall–Kier alpha value is -1.42. The summed E-state index contributed by atoms with van der Waals surface area (Å²) in [5, 5.41) is 13.4. The van der Waals surface area contributed by atoms with Crippen LogP contribution in [0.25, 0.3) is 0 Å². The predicted octanol–water partition coefficient (Wildman–Crippen LogP) is 2.07. The number of rotatable bonds is 4. The van der Waals surface area contributed by atoms with E-state index in [1.165, 1.54) is 0 Å². The Morgan fingerprint density at radius 3 is 2.45 bits per heavy atom. The topological polar surface area (TPSA) is 62.2 Å². The summed E-state index contributed by atoms with van der Waals surface area (Å²) in [6.45, 7) is 4.82. The highest BCUT2D eigenvalue weighted by Crippen LogP contribution is 2.39. The Morgan fingerprint density at radius 2 is 1.85 bits per heavy atom. The van der Waals surface area contributed by atoms with Crippen LogP contribution < -0.4 is 5.32 Å². The number of pyridine rings is 1. The fourth-order valence-corrected chi connectivity index (χ4v) is 2.58. The molecule has 1 aliphatic carbocycles. The molecule has 20 heavy (non-hydrogen) atoms. The first kappa shape index (κ1) is 15.0. The van der Waals surface area contributed by atoms with E-state index >= 15 is 0 Å². The van der Waals surface area contributed by atoms with E-state index < -0.39 is 5.60 Å². The van der Waals surface area contributed by atoms with E-state index in [1.54, 1.807) is 12.4 Å². The monoisotopic (exact) mass is 276 g/mol. The van der Waals surface area contributed by atoms with Gasteiger partial charge in [0.1, 0.15) is 0 Å². The highest BCUT2D eigenvalue weighted by Gasteiger charge is 2.36. The third-order valence-corrected chi connectivity index (χ3v) is 4.26. The summed E-state index contributed by atoms with van der Waals surface area (Å²) in [7, 11) is 0. The summed E-state index contributed by atoms with van der Waals surface area (Å²) in [5.41, 5.74) is 0.519. The van der Waals surface area contributed by atoms with Crippen LogP contribution in [0, 0.1) is 5.41 Å². The molecule has 4 nitrogen and oxygen atoms in total. The number of carbonyl (C=O) groups is 1. The summed E-state index contributed by atoms with van der Waals surface area (Å²) >= 11 is 0. The average molecular weight is 276 g/mol. The molecule has 0 radical (unpaired) electrons. The van der Waals surface area contributed by atoms with Crippen LogP contribution >= 0.6 is 0 Å². The third kappa shape index (κ3) is 4.30. The fourth-order valence-electron chi connectivity index (χ4n) is 2.58. The van der Waals surface area contributed by atoms with Crippen LogP contribution in [0.2, 0.25) is 0 Å². The van der Waals surface area contributed by atoms with Gasteiger partial charge in [-0.2, -0.15) is 0 Å². The van der Waals surface area contributed by atoms with Crippen LogP contribution in [0.15, 0.2) is 24.5 Å². The van der Waals surface area contributed by atoms with Crippen LogP contribution in [-0.4, -0.2) is 28.1 Å². The zero-order valence-electron chi connectivity index (χ0n) is 12.4. The van der Waals surface area contributed by atoms with Crippen molar-refractivity contribution in [1.82, 2.24) is 10.3 Å². The fraction of sp³-hybridized carbons (Fsp3) is 0.625. The molecular weight excluding hydrogens is 252 g/mol. The number of carbonyl (C=O) groups excluding carboxylic acids is 1. The number of hydrogen-bond acceptors (Lipinski definition) is 3. The molecule has 0 aliphatic heterocycles. The third-order valence-electron chi connectivity index (χ3n) is 4.26. The van der Waals surface area contributed by atoms with Gasteiger partial charge in [-0.25, -0.2) is 0 Å². The van der Waals surface area contributed by atoms with Gasteiger partial charge < -0.3 is 10.4 Å². The van der Waals surface area contributed by atoms with Crippen molar-refractivity contribution in [3.05, 3.63) is 30.1 Å². The van der Waals surface area contributed by atoms with Crippen molar-refractivity contribution in [2.45, 2.75) is 51.6 Å². The molecular formula is C16H24N2O2. The highest BCUT2D eigenvalue weighted by atomic mass is 16.3. The first-order chi connectivity index (χ1) is 9.39. The molecule has 1 saturated carbocycles. The Bertz CT molecular complexity index is 447. The first-order valence-corrected chi connectivity index (χ1v) is 7.27. The Morgan fingerprint density at radius 1 is 1.25 bits per heavy atom. The Balaban J connectivity index is 1.79. The second kappa shape index (κ2) is 5.92. The maximum Gasteiger partial charge on any atom is 0.224 e. The van der Waals surface area contributed by atoms with Crippen molar-refractivity contribution >= 4 is 5.91 Å². The second-order valence-corrected chi connectivity index (χ2v) is 6.70. The molecule has 2 N–H and O–H groups in total. The van der Waals surface area contributed by atoms with Gasteiger partial charge in [-0.1, -0.05) is 13.8 Å². The summed E-state index contributed by atoms with van der Waals surface area (Å²) < 4.78 is 0. The van der Waals surface area contributed by atoms with Gasteiger partial charge >= 0.3 is 0 Å². The molecule has 110 valence electrons. The summed E-state index contributed by atoms with van der Waals surface area (Å²) in [6, 6.07) is 3.66. The number of nitrogens with one attached hydrogen (secondary N) is 1. The minimum Gasteiger partial charge on any atom is -0.388 e. The number of aromatic nitrogens is 1. The first-order valence-electron chi connectivity index (χ1n) is 7.27. The minimum atomic E-state index is -0.733. The van der Waals surface area contributed by atoms with E-state index in [-0.39, 0.29) is 5.91 Å². The van der Waals surface area contributed by atoms with Crippen molar-refractivity contribution in [1.29, 1.82) is 0 Å². The molecule has 0 bridgehead atoms. The van der Waals surface area contributed by atoms with Crippen LogP contribution in [0.3, 0.4) is 0 Å². The van der Waals surface area contributed by atoms with Crippen LogP contribution in [0.4, 0.5) is 0 Å². The standard InChI is InChI=1S/C16H24N2O2/c1-15(2)5-7-16(20,8-6-15)12-18-14(19)11-13-3-9-17-10-4-13/h3-4,9-10,20H,5-8,11-12H2,1-2H3,(H,18,19). The summed E-state index contributed by atoms with van der Waals surface area (Å²) in [5.74, 6) is -0.0468. The lowest BCUT2D eigenvalue weighted by Crippen LogP contribution is -2.46. The van der Waals surface area contributed by atoms with Crippen molar-refractivity contribution < 1.29 is 9.90 Å². The number of nitrogens with zero attached hydrogens (tertiary/aromatic N) is 1. The van der Waals surface area contributed by atoms with Gasteiger partial charge in [0.15, 0.2) is 0 Å². The average Bonchev–Trinajstić information content (AvgIpc) is 2.42. The molecule has 0 unspecified atom stereocenters. The van der Waals surface area contributed by atoms with Gasteiger partial charge in [-0.15, -0.1) is 0 Å². The van der Waals surface area contributed by atoms with Gasteiger partial charge in [0.2, 0.25) is 5.91 Å². The molecule has 1 heterocycles. The van der Waals surface area contributed by atoms with E-state index in [0.29, 0.717) is 18.4 Å². The van der Waals surface area contributed by atoms with Crippen LogP contribution in [0.1, 0.15) is 45.1 Å². The molecule has 4 heteroatoms. The lowest BCUT2D eigenvalue weighted by atomic mass is 9.71. The smallest absolute Gasteiger partial charge is 0.224 e. The number of aliphatic hydroxyl groups is 1. The van der Waals surface area contributed by atoms with Gasteiger partial charge in [-0.3, -0.25) is 9.78 Å². The Kier molecular flexibility index (Phi) is 4.43. The van der Waals surface area contributed by atoms with Crippen LogP contribution in [-0.2, 0) is 11.2 Å². The van der Waals surface area contributed by atoms with E-state index in [4.69, 9.17) is 0 Å². The van der Waals surface area contributed by atoms with E-state index in [0.717, 1.165) is 31.2 Å². The van der Waals surface area contributed by atoms with Crippen LogP contribution in [0.5, 0.6) is 0 Å². The van der Waals surface area contributed by atoms with Gasteiger partial charge in [0, 0.05) is 18.9 Å². The SMILES string of the molecule is CC1(C)CCC(O)(CNC(=O)Cc2ccncc2)CC1. The van der Waals surface area contributed by atoms with Gasteiger partial charge in [0.25, 0.3) is 0 Å². The summed E-state index contributed by atoms with van der Waals surface area (Å²) in [6.07, 6.45) is 7.22. The molecule has 0 saturated heterocycles. The maximum atomic E-state index is 11.9. The normalized spacial score (nSPS) is 20.4. The second-order valence-electron chi connectivity index (χ2n) is 6.70. The molecule has 1 aromatic heterocycles. The quantitative estimate of drug-likeness (QED) is 0.885. The molecule has 1 fully saturated rings. The van der Waals surface area contributed by atoms with Crippen molar-refractivity contribution in [2.24, 2.45) is 5.41 Å². The molecule has 1 aliphatic rings. The lowest BCUT2D eigenvalue weighted by Gasteiger charge is -2.40. The maximum absolute atomic E-state index is 11.9. The molecule has 0 atom stereocenters. The van der Waals surface area contributed by atoms with E-state index in [1.807, 2.05) is 12.1 Å². The molecule has 1 aromatic rings. The van der Waals surface area contributed by atoms with Crippen molar-refractivity contribution in [3.8, 4) is 0 Å².